The molecule has 0 rings (SSSR count). The van der Waals surface area contributed by atoms with E-state index in [1.807, 2.05) is 0 Å². The maximum atomic E-state index is 9.62. The van der Waals surface area contributed by atoms with Gasteiger partial charge in [0, 0.05) is 17.1 Å². The number of carboxylic acid groups (broad SMARTS) is 2. The van der Waals surface area contributed by atoms with Crippen LogP contribution in [0.15, 0.2) is 0 Å². The van der Waals surface area contributed by atoms with Crippen LogP contribution >= 0.6 is 69.6 Å². The molecule has 0 atom stereocenters. The molecule has 0 aromatic rings. The molecular formula is C4H2Cl6CuO4. The molecule has 0 heterocycles. The van der Waals surface area contributed by atoms with Crippen molar-refractivity contribution in [2.45, 2.75) is 7.59 Å². The largest absolute Gasteiger partial charge is 0.478 e. The fourth-order valence-corrected chi connectivity index (χ4v) is 0. The van der Waals surface area contributed by atoms with E-state index in [2.05, 4.69) is 0 Å². The second-order valence-electron chi connectivity index (χ2n) is 1.61. The predicted molar refractivity (Wildman–Crippen MR) is 55.9 cm³/mol. The van der Waals surface area contributed by atoms with Crippen molar-refractivity contribution < 1.29 is 36.9 Å². The van der Waals surface area contributed by atoms with Gasteiger partial charge in [-0.2, -0.15) is 0 Å². The van der Waals surface area contributed by atoms with Crippen LogP contribution in [-0.2, 0) is 26.7 Å². The van der Waals surface area contributed by atoms with Crippen LogP contribution < -0.4 is 0 Å². The van der Waals surface area contributed by atoms with Crippen LogP contribution in [0.25, 0.3) is 0 Å². The summed E-state index contributed by atoms with van der Waals surface area (Å²) in [6.07, 6.45) is 0. The molecule has 0 aliphatic heterocycles. The summed E-state index contributed by atoms with van der Waals surface area (Å²) in [6.45, 7) is 0. The van der Waals surface area contributed by atoms with E-state index in [4.69, 9.17) is 79.8 Å². The van der Waals surface area contributed by atoms with Crippen molar-refractivity contribution >= 4 is 81.5 Å². The Kier molecular flexibility index (Phi) is 11.9. The Balaban J connectivity index is -0.000000180. The van der Waals surface area contributed by atoms with Gasteiger partial charge in [0.15, 0.2) is 0 Å². The Labute approximate surface area is 125 Å². The summed E-state index contributed by atoms with van der Waals surface area (Å²) in [6, 6.07) is 0. The Hall–Kier alpha value is 1.20. The van der Waals surface area contributed by atoms with Crippen LogP contribution in [0.2, 0.25) is 0 Å². The molecule has 0 amide bonds. The van der Waals surface area contributed by atoms with Crippen molar-refractivity contribution in [3.05, 3.63) is 0 Å². The van der Waals surface area contributed by atoms with E-state index in [-0.39, 0.29) is 17.1 Å². The van der Waals surface area contributed by atoms with Gasteiger partial charge in [-0.1, -0.05) is 69.6 Å². The normalized spacial score (nSPS) is 10.5. The van der Waals surface area contributed by atoms with Crippen LogP contribution in [0, 0.1) is 0 Å². The van der Waals surface area contributed by atoms with E-state index in [1.165, 1.54) is 0 Å². The maximum Gasteiger partial charge on any atom is 0.356 e. The van der Waals surface area contributed by atoms with Gasteiger partial charge in [-0.3, -0.25) is 0 Å². The van der Waals surface area contributed by atoms with E-state index in [1.54, 1.807) is 0 Å². The zero-order valence-electron chi connectivity index (χ0n) is 6.28. The maximum absolute atomic E-state index is 9.62. The minimum Gasteiger partial charge on any atom is -0.478 e. The molecule has 0 saturated heterocycles. The number of halogens is 6. The summed E-state index contributed by atoms with van der Waals surface area (Å²) in [7, 11) is 0. The number of hydrogen-bond acceptors (Lipinski definition) is 2. The average molecular weight is 390 g/mol. The first-order chi connectivity index (χ1) is 5.89. The van der Waals surface area contributed by atoms with Gasteiger partial charge < -0.3 is 10.2 Å². The second kappa shape index (κ2) is 8.31. The standard InChI is InChI=1S/2C2HCl3O2.Cu/c2*3-2(4,5)1(6)7;/h2*(H,6,7);. The van der Waals surface area contributed by atoms with Crippen LogP contribution in [0.3, 0.4) is 0 Å². The molecule has 0 aromatic heterocycles. The van der Waals surface area contributed by atoms with E-state index in [9.17, 15) is 9.59 Å². The molecule has 2 N–H and O–H groups in total. The molecule has 4 nitrogen and oxygen atoms in total. The summed E-state index contributed by atoms with van der Waals surface area (Å²) in [4.78, 5) is 19.2. The van der Waals surface area contributed by atoms with E-state index in [0.717, 1.165) is 0 Å². The van der Waals surface area contributed by atoms with Gasteiger partial charge in [0.1, 0.15) is 0 Å². The first-order valence-corrected chi connectivity index (χ1v) is 4.76. The Morgan fingerprint density at radius 1 is 0.733 bits per heavy atom. The van der Waals surface area contributed by atoms with Crippen molar-refractivity contribution in [3.8, 4) is 0 Å². The molecule has 95 valence electrons. The molecule has 15 heavy (non-hydrogen) atoms. The Bertz CT molecular complexity index is 196. The molecule has 0 aliphatic carbocycles. The minimum absolute atomic E-state index is 0. The van der Waals surface area contributed by atoms with Gasteiger partial charge in [-0.15, -0.1) is 0 Å². The van der Waals surface area contributed by atoms with Crippen LogP contribution in [-0.4, -0.2) is 29.7 Å². The summed E-state index contributed by atoms with van der Waals surface area (Å²) in [5.41, 5.74) is 0. The van der Waals surface area contributed by atoms with Crippen molar-refractivity contribution in [1.82, 2.24) is 0 Å². The zero-order chi connectivity index (χ0) is 12.2. The van der Waals surface area contributed by atoms with Crippen molar-refractivity contribution in [3.63, 3.8) is 0 Å². The Morgan fingerprint density at radius 2 is 0.800 bits per heavy atom. The molecule has 0 bridgehead atoms. The predicted octanol–water partition coefficient (Wildman–Crippen LogP) is 2.88. The summed E-state index contributed by atoms with van der Waals surface area (Å²) >= 11 is 28.8. The van der Waals surface area contributed by atoms with Crippen LogP contribution in [0.5, 0.6) is 0 Å². The van der Waals surface area contributed by atoms with Gasteiger partial charge >= 0.3 is 11.9 Å². The summed E-state index contributed by atoms with van der Waals surface area (Å²) < 4.78 is -4.33. The number of alkyl halides is 6. The van der Waals surface area contributed by atoms with Crippen molar-refractivity contribution in [2.75, 3.05) is 0 Å². The number of aliphatic carboxylic acids is 2. The fourth-order valence-electron chi connectivity index (χ4n) is 0. The average Bonchev–Trinajstić information content (AvgIpc) is 1.83. The molecule has 0 unspecified atom stereocenters. The molecule has 0 spiro atoms. The van der Waals surface area contributed by atoms with Gasteiger partial charge in [0.25, 0.3) is 7.59 Å². The quantitative estimate of drug-likeness (QED) is 0.493. The second-order valence-corrected chi connectivity index (χ2v) is 6.17. The third-order valence-electron chi connectivity index (χ3n) is 0.485. The number of hydrogen-bond donors (Lipinski definition) is 2. The SMILES string of the molecule is O=C(O)C(Cl)(Cl)Cl.O=C(O)C(Cl)(Cl)Cl.[Cu]. The smallest absolute Gasteiger partial charge is 0.356 e. The molecule has 0 aliphatic rings. The van der Waals surface area contributed by atoms with Crippen molar-refractivity contribution in [2.24, 2.45) is 0 Å². The van der Waals surface area contributed by atoms with E-state index >= 15 is 0 Å². The third-order valence-corrected chi connectivity index (χ3v) is 1.46. The number of rotatable bonds is 0. The monoisotopic (exact) mass is 387 g/mol. The van der Waals surface area contributed by atoms with E-state index < -0.39 is 19.5 Å². The van der Waals surface area contributed by atoms with Gasteiger partial charge in [-0.25, -0.2) is 9.59 Å². The van der Waals surface area contributed by atoms with Crippen LogP contribution in [0.1, 0.15) is 0 Å². The molecule has 0 saturated carbocycles. The zero-order valence-corrected chi connectivity index (χ0v) is 11.8. The fraction of sp³-hybridized carbons (Fsp3) is 0.500. The molecule has 1 radical (unpaired) electrons. The molecule has 0 aromatic carbocycles. The van der Waals surface area contributed by atoms with E-state index in [0.29, 0.717) is 0 Å². The molecule has 0 fully saturated rings. The molecule has 11 heteroatoms. The van der Waals surface area contributed by atoms with Gasteiger partial charge in [0.05, 0.1) is 0 Å². The third kappa shape index (κ3) is 15.2. The first kappa shape index (κ1) is 21.5. The van der Waals surface area contributed by atoms with Crippen molar-refractivity contribution in [1.29, 1.82) is 0 Å². The number of carbonyl (C=O) groups is 2. The number of carboxylic acids is 2. The topological polar surface area (TPSA) is 74.6 Å². The summed E-state index contributed by atoms with van der Waals surface area (Å²) in [5, 5.41) is 15.7. The minimum atomic E-state index is -2.17. The first-order valence-electron chi connectivity index (χ1n) is 2.49. The Morgan fingerprint density at radius 3 is 0.800 bits per heavy atom. The van der Waals surface area contributed by atoms with Gasteiger partial charge in [0.2, 0.25) is 0 Å². The summed E-state index contributed by atoms with van der Waals surface area (Å²) in [5.74, 6) is -2.92. The molecular weight excluding hydrogens is 388 g/mol. The van der Waals surface area contributed by atoms with Crippen LogP contribution in [0.4, 0.5) is 0 Å². The van der Waals surface area contributed by atoms with Gasteiger partial charge in [-0.05, 0) is 0 Å².